The standard InChI is InChI=1S/C34H16N2O6/c37-33-19-9-3-1-7-17(19)25-15-27(31(35(39)40)21-11-5-13-23(33)29(21)25)28-16-26-18-8-2-4-10-20(18)34(38)24-14-6-12-22(30(24)26)32(28)36(41)42/h1-16H. The number of nitrogens with zero attached hydrogens (tertiary/aromatic N) is 2. The first-order valence-corrected chi connectivity index (χ1v) is 13.1. The van der Waals surface area contributed by atoms with E-state index < -0.39 is 9.85 Å². The largest absolute Gasteiger partial charge is 0.289 e. The number of rotatable bonds is 3. The highest BCUT2D eigenvalue weighted by atomic mass is 16.6. The first-order valence-electron chi connectivity index (χ1n) is 13.1. The van der Waals surface area contributed by atoms with Crippen LogP contribution < -0.4 is 0 Å². The summed E-state index contributed by atoms with van der Waals surface area (Å²) in [6.07, 6.45) is 0. The van der Waals surface area contributed by atoms with Gasteiger partial charge >= 0.3 is 0 Å². The quantitative estimate of drug-likeness (QED) is 0.163. The number of carbonyl (C=O) groups excluding carboxylic acids is 2. The van der Waals surface area contributed by atoms with Crippen LogP contribution in [0.25, 0.3) is 54.9 Å². The third-order valence-electron chi connectivity index (χ3n) is 8.33. The van der Waals surface area contributed by atoms with E-state index >= 15 is 0 Å². The molecule has 0 radical (unpaired) electrons. The van der Waals surface area contributed by atoms with Crippen molar-refractivity contribution in [2.45, 2.75) is 0 Å². The summed E-state index contributed by atoms with van der Waals surface area (Å²) in [6, 6.07) is 26.9. The average molecular weight is 549 g/mol. The molecule has 0 amide bonds. The summed E-state index contributed by atoms with van der Waals surface area (Å²) in [4.78, 5) is 51.3. The van der Waals surface area contributed by atoms with Gasteiger partial charge in [0.05, 0.1) is 31.7 Å². The highest BCUT2D eigenvalue weighted by Gasteiger charge is 2.36. The molecule has 2 aliphatic carbocycles. The predicted octanol–water partition coefficient (Wildman–Crippen LogP) is 7.90. The molecule has 6 aromatic carbocycles. The number of nitro groups is 2. The number of benzene rings is 6. The lowest BCUT2D eigenvalue weighted by molar-refractivity contribution is -0.384. The van der Waals surface area contributed by atoms with Crippen molar-refractivity contribution in [3.05, 3.63) is 140 Å². The van der Waals surface area contributed by atoms with Gasteiger partial charge < -0.3 is 0 Å². The third kappa shape index (κ3) is 2.95. The van der Waals surface area contributed by atoms with Gasteiger partial charge in [-0.25, -0.2) is 0 Å². The van der Waals surface area contributed by atoms with Crippen molar-refractivity contribution < 1.29 is 19.4 Å². The zero-order valence-electron chi connectivity index (χ0n) is 21.6. The Morgan fingerprint density at radius 1 is 0.405 bits per heavy atom. The number of fused-ring (bicyclic) bond motifs is 4. The summed E-state index contributed by atoms with van der Waals surface area (Å²) in [5.74, 6) is -0.471. The van der Waals surface area contributed by atoms with E-state index in [1.54, 1.807) is 97.1 Å². The molecule has 0 saturated carbocycles. The molecular weight excluding hydrogens is 532 g/mol. The van der Waals surface area contributed by atoms with E-state index in [-0.39, 0.29) is 44.8 Å². The number of ketones is 2. The maximum Gasteiger partial charge on any atom is 0.285 e. The van der Waals surface area contributed by atoms with Crippen LogP contribution in [0.15, 0.2) is 97.1 Å². The van der Waals surface area contributed by atoms with E-state index in [1.165, 1.54) is 0 Å². The van der Waals surface area contributed by atoms with Crippen LogP contribution in [-0.4, -0.2) is 21.4 Å². The van der Waals surface area contributed by atoms with Gasteiger partial charge in [0.15, 0.2) is 11.6 Å². The minimum absolute atomic E-state index is 0.0634. The topological polar surface area (TPSA) is 120 Å². The molecule has 0 N–H and O–H groups in total. The lowest BCUT2D eigenvalue weighted by atomic mass is 9.78. The van der Waals surface area contributed by atoms with Gasteiger partial charge in [0.1, 0.15) is 0 Å². The van der Waals surface area contributed by atoms with Crippen LogP contribution >= 0.6 is 0 Å². The Morgan fingerprint density at radius 3 is 1.14 bits per heavy atom. The Labute approximate surface area is 236 Å². The molecule has 0 unspecified atom stereocenters. The normalized spacial score (nSPS) is 12.8. The molecule has 198 valence electrons. The van der Waals surface area contributed by atoms with Crippen molar-refractivity contribution in [1.82, 2.24) is 0 Å². The molecular formula is C34H16N2O6. The Kier molecular flexibility index (Phi) is 4.68. The molecule has 0 heterocycles. The second-order valence-electron chi connectivity index (χ2n) is 10.4. The Balaban J connectivity index is 1.59. The number of hydrogen-bond donors (Lipinski definition) is 0. The fourth-order valence-electron chi connectivity index (χ4n) is 6.67. The van der Waals surface area contributed by atoms with Gasteiger partial charge in [-0.3, -0.25) is 29.8 Å². The van der Waals surface area contributed by atoms with Crippen LogP contribution in [-0.2, 0) is 0 Å². The van der Waals surface area contributed by atoms with Gasteiger partial charge in [0, 0.05) is 33.0 Å². The summed E-state index contributed by atoms with van der Waals surface area (Å²) in [5.41, 5.74) is 3.45. The average Bonchev–Trinajstić information content (AvgIpc) is 3.01. The maximum atomic E-state index is 13.4. The van der Waals surface area contributed by atoms with Crippen LogP contribution in [0.5, 0.6) is 0 Å². The molecule has 0 spiro atoms. The summed E-state index contributed by atoms with van der Waals surface area (Å²) in [6.45, 7) is 0. The van der Waals surface area contributed by atoms with Crippen molar-refractivity contribution in [3.8, 4) is 33.4 Å². The van der Waals surface area contributed by atoms with E-state index in [0.29, 0.717) is 55.3 Å². The molecule has 0 bridgehead atoms. The number of hydrogen-bond acceptors (Lipinski definition) is 6. The summed E-state index contributed by atoms with van der Waals surface area (Å²) in [5, 5.41) is 26.9. The number of nitro benzene ring substituents is 2. The Bertz CT molecular complexity index is 2140. The van der Waals surface area contributed by atoms with Gasteiger partial charge in [0.25, 0.3) is 11.4 Å². The lowest BCUT2D eigenvalue weighted by Crippen LogP contribution is -2.12. The van der Waals surface area contributed by atoms with Gasteiger partial charge in [-0.15, -0.1) is 0 Å². The fourth-order valence-corrected chi connectivity index (χ4v) is 6.67. The Morgan fingerprint density at radius 2 is 0.762 bits per heavy atom. The summed E-state index contributed by atoms with van der Waals surface area (Å²) < 4.78 is 0. The van der Waals surface area contributed by atoms with Crippen LogP contribution in [0.4, 0.5) is 11.4 Å². The number of carbonyl (C=O) groups is 2. The van der Waals surface area contributed by atoms with Gasteiger partial charge in [0.2, 0.25) is 0 Å². The molecule has 2 aliphatic rings. The van der Waals surface area contributed by atoms with Crippen LogP contribution in [0.2, 0.25) is 0 Å². The van der Waals surface area contributed by atoms with E-state index in [9.17, 15) is 29.8 Å². The summed E-state index contributed by atoms with van der Waals surface area (Å²) in [7, 11) is 0. The molecule has 0 atom stereocenters. The zero-order chi connectivity index (χ0) is 28.9. The third-order valence-corrected chi connectivity index (χ3v) is 8.33. The Hall–Kier alpha value is -6.02. The lowest BCUT2D eigenvalue weighted by Gasteiger charge is -2.23. The minimum atomic E-state index is -0.545. The first kappa shape index (κ1) is 23.8. The molecule has 8 nitrogen and oxygen atoms in total. The van der Waals surface area contributed by atoms with Crippen molar-refractivity contribution in [2.75, 3.05) is 0 Å². The maximum absolute atomic E-state index is 13.4. The van der Waals surface area contributed by atoms with Crippen molar-refractivity contribution in [1.29, 1.82) is 0 Å². The molecule has 8 rings (SSSR count). The summed E-state index contributed by atoms with van der Waals surface area (Å²) >= 11 is 0. The van der Waals surface area contributed by atoms with Gasteiger partial charge in [-0.05, 0) is 46.5 Å². The van der Waals surface area contributed by atoms with Crippen LogP contribution in [0.3, 0.4) is 0 Å². The molecule has 0 fully saturated rings. The molecule has 6 aromatic rings. The van der Waals surface area contributed by atoms with E-state index in [1.807, 2.05) is 0 Å². The highest BCUT2D eigenvalue weighted by Crippen LogP contribution is 2.52. The fraction of sp³-hybridized carbons (Fsp3) is 0. The van der Waals surface area contributed by atoms with Gasteiger partial charge in [-0.2, -0.15) is 0 Å². The first-order chi connectivity index (χ1) is 20.4. The second-order valence-corrected chi connectivity index (χ2v) is 10.4. The minimum Gasteiger partial charge on any atom is -0.289 e. The van der Waals surface area contributed by atoms with E-state index in [2.05, 4.69) is 0 Å². The van der Waals surface area contributed by atoms with Crippen molar-refractivity contribution >= 4 is 44.5 Å². The van der Waals surface area contributed by atoms with Crippen LogP contribution in [0.1, 0.15) is 31.8 Å². The SMILES string of the molecule is O=C1c2ccccc2-c2cc(-c3cc4c5c(cccc5c3[N+](=O)[O-])C(=O)c3ccccc3-4)c([N+](=O)[O-])c3cccc1c23. The predicted molar refractivity (Wildman–Crippen MR) is 158 cm³/mol. The van der Waals surface area contributed by atoms with Crippen molar-refractivity contribution in [3.63, 3.8) is 0 Å². The molecule has 0 aliphatic heterocycles. The monoisotopic (exact) mass is 548 g/mol. The second kappa shape index (κ2) is 8.25. The van der Waals surface area contributed by atoms with Gasteiger partial charge in [-0.1, -0.05) is 72.8 Å². The van der Waals surface area contributed by atoms with E-state index in [0.717, 1.165) is 0 Å². The molecule has 42 heavy (non-hydrogen) atoms. The highest BCUT2D eigenvalue weighted by molar-refractivity contribution is 6.30. The van der Waals surface area contributed by atoms with E-state index in [4.69, 9.17) is 0 Å². The zero-order valence-corrected chi connectivity index (χ0v) is 21.6. The molecule has 0 saturated heterocycles. The van der Waals surface area contributed by atoms with Crippen LogP contribution in [0, 0.1) is 20.2 Å². The molecule has 8 heteroatoms. The molecule has 0 aromatic heterocycles. The van der Waals surface area contributed by atoms with Crippen molar-refractivity contribution in [2.24, 2.45) is 0 Å². The smallest absolute Gasteiger partial charge is 0.285 e.